The Hall–Kier alpha value is -2.41. The molecule has 1 aromatic carbocycles. The van der Waals surface area contributed by atoms with Crippen LogP contribution in [0.25, 0.3) is 0 Å². The van der Waals surface area contributed by atoms with Crippen LogP contribution in [0.4, 0.5) is 0 Å². The third-order valence-corrected chi connectivity index (χ3v) is 5.91. The molecular weight excluding hydrogens is 406 g/mol. The quantitative estimate of drug-likeness (QED) is 0.669. The molecule has 1 N–H and O–H groups in total. The molecule has 0 aromatic heterocycles. The molecule has 0 bridgehead atoms. The van der Waals surface area contributed by atoms with Crippen molar-refractivity contribution in [1.82, 2.24) is 10.3 Å². The van der Waals surface area contributed by atoms with Gasteiger partial charge in [-0.05, 0) is 56.7 Å². The van der Waals surface area contributed by atoms with E-state index in [9.17, 15) is 14.4 Å². The number of ether oxygens (including phenoxy) is 1. The van der Waals surface area contributed by atoms with Gasteiger partial charge >= 0.3 is 5.97 Å². The number of halogens is 1. The smallest absolute Gasteiger partial charge is 0.314 e. The van der Waals surface area contributed by atoms with Crippen LogP contribution in [0.1, 0.15) is 51.0 Å². The third-order valence-electron chi connectivity index (χ3n) is 5.68. The Morgan fingerprint density at radius 1 is 1.33 bits per heavy atom. The number of likely N-dealkylation sites (tertiary alicyclic amines) is 1. The number of amides is 2. The largest absolute Gasteiger partial charge is 0.466 e. The molecule has 0 aliphatic carbocycles. The van der Waals surface area contributed by atoms with Crippen molar-refractivity contribution in [2.45, 2.75) is 51.9 Å². The molecule has 1 saturated heterocycles. The van der Waals surface area contributed by atoms with Crippen LogP contribution < -0.4 is 5.43 Å². The molecule has 2 amide bonds. The molecule has 8 heteroatoms. The van der Waals surface area contributed by atoms with Gasteiger partial charge in [0.15, 0.2) is 0 Å². The number of piperidine rings is 1. The van der Waals surface area contributed by atoms with Crippen molar-refractivity contribution in [2.24, 2.45) is 10.5 Å². The summed E-state index contributed by atoms with van der Waals surface area (Å²) in [7, 11) is 0. The molecule has 0 saturated carbocycles. The molecule has 162 valence electrons. The van der Waals surface area contributed by atoms with Gasteiger partial charge in [0.05, 0.1) is 12.0 Å². The Bertz CT molecular complexity index is 841. The fourth-order valence-electron chi connectivity index (χ4n) is 4.15. The van der Waals surface area contributed by atoms with Crippen LogP contribution in [0.5, 0.6) is 0 Å². The van der Waals surface area contributed by atoms with Crippen LogP contribution in [0.3, 0.4) is 0 Å². The number of hydrogen-bond acceptors (Lipinski definition) is 5. The maximum Gasteiger partial charge on any atom is 0.314 e. The van der Waals surface area contributed by atoms with Crippen molar-refractivity contribution in [2.75, 3.05) is 19.7 Å². The first-order valence-corrected chi connectivity index (χ1v) is 10.8. The molecule has 0 radical (unpaired) electrons. The molecule has 2 heterocycles. The molecule has 2 aliphatic heterocycles. The van der Waals surface area contributed by atoms with Crippen LogP contribution >= 0.6 is 11.6 Å². The Labute approximate surface area is 181 Å². The summed E-state index contributed by atoms with van der Waals surface area (Å²) in [5.41, 5.74) is 3.47. The number of nitrogens with zero attached hydrogens (tertiary/aromatic N) is 2. The van der Waals surface area contributed by atoms with E-state index < -0.39 is 5.41 Å². The molecule has 3 rings (SSSR count). The molecule has 1 aromatic rings. The molecule has 30 heavy (non-hydrogen) atoms. The highest BCUT2D eigenvalue weighted by atomic mass is 35.5. The van der Waals surface area contributed by atoms with Gasteiger partial charge in [0, 0.05) is 36.7 Å². The van der Waals surface area contributed by atoms with E-state index in [0.29, 0.717) is 63.2 Å². The van der Waals surface area contributed by atoms with Crippen LogP contribution in [0.15, 0.2) is 29.4 Å². The summed E-state index contributed by atoms with van der Waals surface area (Å²) in [6, 6.07) is 7.48. The van der Waals surface area contributed by atoms with Crippen molar-refractivity contribution in [3.63, 3.8) is 0 Å². The summed E-state index contributed by atoms with van der Waals surface area (Å²) in [6.45, 7) is 3.05. The van der Waals surface area contributed by atoms with Gasteiger partial charge in [-0.15, -0.1) is 0 Å². The molecule has 1 atom stereocenters. The third kappa shape index (κ3) is 5.59. The van der Waals surface area contributed by atoms with E-state index in [1.807, 2.05) is 18.2 Å². The summed E-state index contributed by atoms with van der Waals surface area (Å²) in [5.74, 6) is -0.364. The highest BCUT2D eigenvalue weighted by Crippen LogP contribution is 2.36. The zero-order valence-electron chi connectivity index (χ0n) is 17.3. The molecule has 2 aliphatic rings. The van der Waals surface area contributed by atoms with E-state index in [4.69, 9.17) is 16.3 Å². The summed E-state index contributed by atoms with van der Waals surface area (Å²) in [5, 5.41) is 4.65. The maximum atomic E-state index is 13.0. The molecule has 0 unspecified atom stereocenters. The summed E-state index contributed by atoms with van der Waals surface area (Å²) >= 11 is 6.13. The van der Waals surface area contributed by atoms with Crippen molar-refractivity contribution >= 4 is 35.1 Å². The number of hydrogen-bond donors (Lipinski definition) is 1. The number of carbonyl (C=O) groups is 3. The first-order chi connectivity index (χ1) is 14.4. The number of hydrazone groups is 1. The average Bonchev–Trinajstić information content (AvgIpc) is 2.73. The van der Waals surface area contributed by atoms with Crippen LogP contribution in [-0.4, -0.2) is 48.1 Å². The monoisotopic (exact) mass is 433 g/mol. The Kier molecular flexibility index (Phi) is 7.48. The predicted octanol–water partition coefficient (Wildman–Crippen LogP) is 3.10. The second kappa shape index (κ2) is 10.1. The van der Waals surface area contributed by atoms with Gasteiger partial charge in [0.2, 0.25) is 11.8 Å². The van der Waals surface area contributed by atoms with Crippen LogP contribution in [-0.2, 0) is 25.5 Å². The molecular formula is C22H28ClN3O4. The van der Waals surface area contributed by atoms with Crippen molar-refractivity contribution < 1.29 is 19.1 Å². The van der Waals surface area contributed by atoms with Crippen molar-refractivity contribution in [3.05, 3.63) is 34.9 Å². The summed E-state index contributed by atoms with van der Waals surface area (Å²) in [4.78, 5) is 38.8. The minimum Gasteiger partial charge on any atom is -0.466 e. The van der Waals surface area contributed by atoms with Gasteiger partial charge in [-0.25, -0.2) is 5.43 Å². The number of esters is 1. The highest BCUT2D eigenvalue weighted by Gasteiger charge is 2.44. The standard InChI is InChI=1S/C22H28ClN3O4/c1-2-30-21(29)22(14-16-5-3-6-17(23)13-16)11-4-12-26(15-22)20(28)10-8-18-7-9-19(27)25-24-18/h3,5-6,13H,2,4,7-12,14-15H2,1H3,(H,25,27)/t22-/m1/s1. The minimum absolute atomic E-state index is 0.00549. The van der Waals surface area contributed by atoms with Gasteiger partial charge in [-0.3, -0.25) is 14.4 Å². The van der Waals surface area contributed by atoms with Gasteiger partial charge in [0.1, 0.15) is 0 Å². The fraction of sp³-hybridized carbons (Fsp3) is 0.545. The van der Waals surface area contributed by atoms with Gasteiger partial charge in [-0.2, -0.15) is 5.10 Å². The van der Waals surface area contributed by atoms with Gasteiger partial charge < -0.3 is 9.64 Å². The summed E-state index contributed by atoms with van der Waals surface area (Å²) in [6.07, 6.45) is 3.70. The lowest BCUT2D eigenvalue weighted by atomic mass is 9.75. The van der Waals surface area contributed by atoms with E-state index in [0.717, 1.165) is 17.7 Å². The first-order valence-electron chi connectivity index (χ1n) is 10.5. The molecule has 1 fully saturated rings. The Balaban J connectivity index is 1.70. The van der Waals surface area contributed by atoms with E-state index >= 15 is 0 Å². The van der Waals surface area contributed by atoms with E-state index in [-0.39, 0.29) is 17.8 Å². The number of nitrogens with one attached hydrogen (secondary N) is 1. The minimum atomic E-state index is -0.773. The SMILES string of the molecule is CCOC(=O)[C@@]1(Cc2cccc(Cl)c2)CCCN(C(=O)CCC2=NNC(=O)CC2)C1. The Morgan fingerprint density at radius 2 is 2.17 bits per heavy atom. The van der Waals surface area contributed by atoms with Crippen LogP contribution in [0.2, 0.25) is 5.02 Å². The van der Waals surface area contributed by atoms with Gasteiger partial charge in [-0.1, -0.05) is 23.7 Å². The second-order valence-electron chi connectivity index (χ2n) is 7.94. The molecule has 0 spiro atoms. The topological polar surface area (TPSA) is 88.1 Å². The van der Waals surface area contributed by atoms with Gasteiger partial charge in [0.25, 0.3) is 0 Å². The first kappa shape index (κ1) is 22.3. The number of rotatable bonds is 7. The van der Waals surface area contributed by atoms with E-state index in [1.54, 1.807) is 17.9 Å². The average molecular weight is 434 g/mol. The normalized spacial score (nSPS) is 21.6. The lowest BCUT2D eigenvalue weighted by Crippen LogP contribution is -2.51. The highest BCUT2D eigenvalue weighted by molar-refractivity contribution is 6.30. The maximum absolute atomic E-state index is 13.0. The lowest BCUT2D eigenvalue weighted by Gasteiger charge is -2.41. The predicted molar refractivity (Wildman–Crippen MR) is 114 cm³/mol. The zero-order valence-corrected chi connectivity index (χ0v) is 18.0. The lowest BCUT2D eigenvalue weighted by molar-refractivity contribution is -0.160. The number of benzene rings is 1. The Morgan fingerprint density at radius 3 is 2.87 bits per heavy atom. The summed E-state index contributed by atoms with van der Waals surface area (Å²) < 4.78 is 5.41. The van der Waals surface area contributed by atoms with Crippen LogP contribution in [0, 0.1) is 5.41 Å². The number of carbonyl (C=O) groups excluding carboxylic acids is 3. The van der Waals surface area contributed by atoms with Crippen molar-refractivity contribution in [3.8, 4) is 0 Å². The van der Waals surface area contributed by atoms with Crippen molar-refractivity contribution in [1.29, 1.82) is 0 Å². The second-order valence-corrected chi connectivity index (χ2v) is 8.38. The van der Waals surface area contributed by atoms with E-state index in [2.05, 4.69) is 10.5 Å². The fourth-order valence-corrected chi connectivity index (χ4v) is 4.36. The molecule has 7 nitrogen and oxygen atoms in total. The zero-order chi connectivity index (χ0) is 21.6. The van der Waals surface area contributed by atoms with E-state index in [1.165, 1.54) is 0 Å².